The molecule has 0 aromatic rings. The molecule has 0 unspecified atom stereocenters. The average Bonchev–Trinajstić information content (AvgIpc) is 2.70. The summed E-state index contributed by atoms with van der Waals surface area (Å²) in [6.07, 6.45) is 3.38. The summed E-state index contributed by atoms with van der Waals surface area (Å²) in [5, 5.41) is 18.1. The minimum absolute atomic E-state index is 0.0799. The molecule has 4 rings (SSSR count). The van der Waals surface area contributed by atoms with Gasteiger partial charge in [-0.2, -0.15) is 20.5 Å². The van der Waals surface area contributed by atoms with E-state index in [1.807, 2.05) is 0 Å². The van der Waals surface area contributed by atoms with Crippen LogP contribution in [0.15, 0.2) is 20.5 Å². The van der Waals surface area contributed by atoms with E-state index in [4.69, 9.17) is 0 Å². The minimum atomic E-state index is 0.0799. The fourth-order valence-electron chi connectivity index (χ4n) is 4.24. The van der Waals surface area contributed by atoms with E-state index in [0.717, 1.165) is 12.8 Å². The fourth-order valence-corrected chi connectivity index (χ4v) is 4.24. The van der Waals surface area contributed by atoms with Crippen LogP contribution in [-0.2, 0) is 0 Å². The third kappa shape index (κ3) is 0.810. The summed E-state index contributed by atoms with van der Waals surface area (Å²) in [6.45, 7) is 4.52. The van der Waals surface area contributed by atoms with Crippen LogP contribution in [-0.4, -0.2) is 23.2 Å². The molecule has 0 aromatic carbocycles. The highest BCUT2D eigenvalue weighted by Gasteiger charge is 2.62. The van der Waals surface area contributed by atoms with Gasteiger partial charge in [0.2, 0.25) is 0 Å². The van der Waals surface area contributed by atoms with Crippen LogP contribution < -0.4 is 0 Å². The molecule has 2 aliphatic heterocycles. The van der Waals surface area contributed by atoms with Gasteiger partial charge in [-0.15, -0.1) is 0 Å². The first-order valence-electron chi connectivity index (χ1n) is 5.95. The van der Waals surface area contributed by atoms with E-state index in [9.17, 15) is 0 Å². The topological polar surface area (TPSA) is 49.4 Å². The second kappa shape index (κ2) is 2.15. The lowest BCUT2D eigenvalue weighted by Crippen LogP contribution is -2.55. The third-order valence-electron chi connectivity index (χ3n) is 5.15. The van der Waals surface area contributed by atoms with E-state index in [2.05, 4.69) is 34.3 Å². The van der Waals surface area contributed by atoms with E-state index < -0.39 is 0 Å². The van der Waals surface area contributed by atoms with E-state index in [0.29, 0.717) is 23.9 Å². The van der Waals surface area contributed by atoms with Crippen molar-refractivity contribution in [2.75, 3.05) is 0 Å². The average molecular weight is 204 g/mol. The summed E-state index contributed by atoms with van der Waals surface area (Å²) < 4.78 is 0. The number of hydrogen-bond donors (Lipinski definition) is 0. The van der Waals surface area contributed by atoms with Crippen LogP contribution in [0.3, 0.4) is 0 Å². The highest BCUT2D eigenvalue weighted by atomic mass is 15.3. The predicted octanol–water partition coefficient (Wildman–Crippen LogP) is 2.60. The van der Waals surface area contributed by atoms with Crippen molar-refractivity contribution in [1.29, 1.82) is 0 Å². The molecule has 0 amide bonds. The van der Waals surface area contributed by atoms with Crippen LogP contribution in [0.1, 0.15) is 33.1 Å². The molecule has 0 spiro atoms. The molecule has 6 atom stereocenters. The second-order valence-electron chi connectivity index (χ2n) is 6.14. The Labute approximate surface area is 89.3 Å². The largest absolute Gasteiger partial charge is 0.190 e. The summed E-state index contributed by atoms with van der Waals surface area (Å²) in [7, 11) is 0. The Morgan fingerprint density at radius 3 is 1.80 bits per heavy atom. The Hall–Kier alpha value is -0.800. The highest BCUT2D eigenvalue weighted by molar-refractivity contribution is 5.19. The highest BCUT2D eigenvalue weighted by Crippen LogP contribution is 2.59. The van der Waals surface area contributed by atoms with Gasteiger partial charge in [-0.1, -0.05) is 0 Å². The Balaban J connectivity index is 1.86. The quantitative estimate of drug-likeness (QED) is 0.582. The zero-order valence-electron chi connectivity index (χ0n) is 9.22. The van der Waals surface area contributed by atoms with Gasteiger partial charge in [0.05, 0.1) is 23.2 Å². The Bertz CT molecular complexity index is 354. The molecule has 15 heavy (non-hydrogen) atoms. The summed E-state index contributed by atoms with van der Waals surface area (Å²) in [4.78, 5) is 0. The van der Waals surface area contributed by atoms with Gasteiger partial charge < -0.3 is 0 Å². The first-order chi connectivity index (χ1) is 7.11. The van der Waals surface area contributed by atoms with Gasteiger partial charge in [0.15, 0.2) is 0 Å². The molecule has 0 aromatic heterocycles. The summed E-state index contributed by atoms with van der Waals surface area (Å²) >= 11 is 0. The normalized spacial score (nSPS) is 63.9. The maximum Gasteiger partial charge on any atom is 0.0858 e. The standard InChI is InChI=1S/C11H16N4/c1-10-4-8-7-3-6(10)9(12-14-10)5-11(7,2)15-13-8/h6-9H,3-5H2,1-2H3/t6-,7-,8-,9+,10-,11+/m1/s1. The van der Waals surface area contributed by atoms with Crippen molar-refractivity contribution in [3.63, 3.8) is 0 Å². The zero-order chi connectivity index (χ0) is 10.3. The number of rotatable bonds is 0. The first kappa shape index (κ1) is 8.36. The summed E-state index contributed by atoms with van der Waals surface area (Å²) in [5.74, 6) is 1.35. The van der Waals surface area contributed by atoms with Crippen LogP contribution in [0.2, 0.25) is 0 Å². The molecule has 4 heteroatoms. The molecule has 0 N–H and O–H groups in total. The lowest BCUT2D eigenvalue weighted by atomic mass is 9.56. The summed E-state index contributed by atoms with van der Waals surface area (Å²) in [6, 6.07) is 0.850. The Morgan fingerprint density at radius 1 is 0.867 bits per heavy atom. The number of hydrogen-bond acceptors (Lipinski definition) is 4. The van der Waals surface area contributed by atoms with Crippen LogP contribution in [0.4, 0.5) is 0 Å². The number of azo groups is 2. The van der Waals surface area contributed by atoms with Gasteiger partial charge in [0.1, 0.15) is 0 Å². The van der Waals surface area contributed by atoms with Gasteiger partial charge in [-0.25, -0.2) is 0 Å². The van der Waals surface area contributed by atoms with Gasteiger partial charge in [-0.05, 0) is 33.1 Å². The monoisotopic (exact) mass is 204 g/mol. The molecule has 2 saturated carbocycles. The molecule has 4 aliphatic rings. The van der Waals surface area contributed by atoms with E-state index in [1.54, 1.807) is 0 Å². The Kier molecular flexibility index (Phi) is 1.20. The predicted molar refractivity (Wildman–Crippen MR) is 54.9 cm³/mol. The third-order valence-corrected chi connectivity index (χ3v) is 5.15. The smallest absolute Gasteiger partial charge is 0.0858 e. The summed E-state index contributed by atoms with van der Waals surface area (Å²) in [5.41, 5.74) is 0.160. The Morgan fingerprint density at radius 2 is 1.33 bits per heavy atom. The van der Waals surface area contributed by atoms with Crippen molar-refractivity contribution < 1.29 is 0 Å². The molecular weight excluding hydrogens is 188 g/mol. The van der Waals surface area contributed by atoms with Gasteiger partial charge in [0, 0.05) is 11.8 Å². The van der Waals surface area contributed by atoms with Crippen LogP contribution in [0.25, 0.3) is 0 Å². The first-order valence-corrected chi connectivity index (χ1v) is 5.95. The second-order valence-corrected chi connectivity index (χ2v) is 6.14. The molecule has 2 bridgehead atoms. The molecule has 2 aliphatic carbocycles. The SMILES string of the molecule is C[C@]12C[C@H]3N=N[C@@]4(C)C[C@H](N=N1)[C@H]2C[C@H]34. The fraction of sp³-hybridized carbons (Fsp3) is 1.00. The van der Waals surface area contributed by atoms with Gasteiger partial charge in [0.25, 0.3) is 0 Å². The maximum absolute atomic E-state index is 4.54. The van der Waals surface area contributed by atoms with Crippen molar-refractivity contribution >= 4 is 0 Å². The lowest BCUT2D eigenvalue weighted by molar-refractivity contribution is 0.0666. The molecule has 2 fully saturated rings. The number of nitrogens with zero attached hydrogens (tertiary/aromatic N) is 4. The molecule has 4 nitrogen and oxygen atoms in total. The van der Waals surface area contributed by atoms with Crippen molar-refractivity contribution in [2.45, 2.75) is 56.3 Å². The van der Waals surface area contributed by atoms with Crippen molar-refractivity contribution in [2.24, 2.45) is 32.3 Å². The van der Waals surface area contributed by atoms with E-state index in [-0.39, 0.29) is 11.1 Å². The molecule has 0 radical (unpaired) electrons. The van der Waals surface area contributed by atoms with Crippen LogP contribution >= 0.6 is 0 Å². The molecular formula is C11H16N4. The van der Waals surface area contributed by atoms with Crippen molar-refractivity contribution in [3.05, 3.63) is 0 Å². The minimum Gasteiger partial charge on any atom is -0.190 e. The lowest BCUT2D eigenvalue weighted by Gasteiger charge is -2.48. The van der Waals surface area contributed by atoms with Crippen molar-refractivity contribution in [3.8, 4) is 0 Å². The van der Waals surface area contributed by atoms with Crippen LogP contribution in [0, 0.1) is 11.8 Å². The van der Waals surface area contributed by atoms with E-state index >= 15 is 0 Å². The van der Waals surface area contributed by atoms with E-state index in [1.165, 1.54) is 6.42 Å². The molecule has 80 valence electrons. The van der Waals surface area contributed by atoms with Gasteiger partial charge in [-0.3, -0.25) is 0 Å². The van der Waals surface area contributed by atoms with Crippen LogP contribution in [0.5, 0.6) is 0 Å². The molecule has 0 saturated heterocycles. The molecule has 2 heterocycles. The maximum atomic E-state index is 4.54. The van der Waals surface area contributed by atoms with Crippen molar-refractivity contribution in [1.82, 2.24) is 0 Å². The van der Waals surface area contributed by atoms with Gasteiger partial charge >= 0.3 is 0 Å². The zero-order valence-corrected chi connectivity index (χ0v) is 9.22.